The first-order chi connectivity index (χ1) is 12.2. The van der Waals surface area contributed by atoms with E-state index in [-0.39, 0.29) is 23.4 Å². The fourth-order valence-corrected chi connectivity index (χ4v) is 8.10. The van der Waals surface area contributed by atoms with Crippen molar-refractivity contribution in [2.75, 3.05) is 6.61 Å². The van der Waals surface area contributed by atoms with E-state index in [9.17, 15) is 25.5 Å². The van der Waals surface area contributed by atoms with Crippen LogP contribution in [0.4, 0.5) is 0 Å². The molecule has 0 bridgehead atoms. The largest absolute Gasteiger partial charge is 0.394 e. The highest BCUT2D eigenvalue weighted by molar-refractivity contribution is 5.17. The smallest absolute Gasteiger partial charge is 0.106 e. The van der Waals surface area contributed by atoms with E-state index < -0.39 is 29.8 Å². The second-order valence-corrected chi connectivity index (χ2v) is 10.4. The molecule has 4 fully saturated rings. The van der Waals surface area contributed by atoms with E-state index in [1.54, 1.807) is 0 Å². The first kappa shape index (κ1) is 19.1. The van der Waals surface area contributed by atoms with Gasteiger partial charge in [0.15, 0.2) is 0 Å². The van der Waals surface area contributed by atoms with Crippen molar-refractivity contribution in [3.05, 3.63) is 0 Å². The lowest BCUT2D eigenvalue weighted by Gasteiger charge is -2.63. The fourth-order valence-electron chi connectivity index (χ4n) is 8.10. The highest BCUT2D eigenvalue weighted by atomic mass is 16.4. The molecule has 150 valence electrons. The zero-order valence-electron chi connectivity index (χ0n) is 16.1. The summed E-state index contributed by atoms with van der Waals surface area (Å²) in [5.41, 5.74) is -1.83. The van der Waals surface area contributed by atoms with Gasteiger partial charge in [0, 0.05) is 5.41 Å². The highest BCUT2D eigenvalue weighted by Gasteiger charge is 2.68. The maximum atomic E-state index is 11.3. The maximum Gasteiger partial charge on any atom is 0.106 e. The number of rotatable bonds is 2. The van der Waals surface area contributed by atoms with Crippen molar-refractivity contribution < 1.29 is 25.5 Å². The standard InChI is InChI=1S/C21H36O5/c1-19-7-5-13(23)9-12(19)3-4-14-15-6-8-21(26,17(25)11-22)20(15,2)10-16(24)18(14)19/h12-18,22-26H,3-11H2,1-2H3/t12-,13-,14?,15?,16?,17?,18?,19+,20+,21+/m1/s1. The van der Waals surface area contributed by atoms with Crippen molar-refractivity contribution in [1.29, 1.82) is 0 Å². The second-order valence-electron chi connectivity index (χ2n) is 10.4. The predicted molar refractivity (Wildman–Crippen MR) is 97.2 cm³/mol. The lowest BCUT2D eigenvalue weighted by atomic mass is 9.43. The van der Waals surface area contributed by atoms with Crippen LogP contribution in [0, 0.1) is 34.5 Å². The van der Waals surface area contributed by atoms with Gasteiger partial charge in [0.05, 0.1) is 24.4 Å². The first-order valence-electron chi connectivity index (χ1n) is 10.5. The van der Waals surface area contributed by atoms with Crippen LogP contribution >= 0.6 is 0 Å². The van der Waals surface area contributed by atoms with Crippen LogP contribution in [0.1, 0.15) is 65.2 Å². The van der Waals surface area contributed by atoms with Gasteiger partial charge in [-0.1, -0.05) is 13.8 Å². The van der Waals surface area contributed by atoms with Crippen LogP contribution in [0.2, 0.25) is 0 Å². The van der Waals surface area contributed by atoms with E-state index in [2.05, 4.69) is 6.92 Å². The van der Waals surface area contributed by atoms with Crippen molar-refractivity contribution in [2.24, 2.45) is 34.5 Å². The van der Waals surface area contributed by atoms with E-state index in [0.29, 0.717) is 24.7 Å². The Hall–Kier alpha value is -0.200. The molecule has 5 unspecified atom stereocenters. The number of aliphatic hydroxyl groups is 5. The Kier molecular flexibility index (Phi) is 4.52. The Labute approximate surface area is 156 Å². The molecule has 0 aromatic rings. The SMILES string of the molecule is C[C@]12CC(O)C3C(CC[C@@H]4C[C@H](O)CC[C@]34C)C1CC[C@]2(O)C(O)CO. The Morgan fingerprint density at radius 2 is 1.77 bits per heavy atom. The molecule has 0 heterocycles. The molecular weight excluding hydrogens is 332 g/mol. The third kappa shape index (κ3) is 2.33. The summed E-state index contributed by atoms with van der Waals surface area (Å²) in [6.45, 7) is 3.89. The summed E-state index contributed by atoms with van der Waals surface area (Å²) in [6, 6.07) is 0. The van der Waals surface area contributed by atoms with E-state index in [0.717, 1.165) is 38.5 Å². The molecule has 5 N–H and O–H groups in total. The number of hydrogen-bond acceptors (Lipinski definition) is 5. The molecule has 26 heavy (non-hydrogen) atoms. The Morgan fingerprint density at radius 1 is 1.04 bits per heavy atom. The number of fused-ring (bicyclic) bond motifs is 5. The minimum absolute atomic E-state index is 0.0548. The van der Waals surface area contributed by atoms with E-state index in [4.69, 9.17) is 0 Å². The molecule has 4 saturated carbocycles. The lowest BCUT2D eigenvalue weighted by molar-refractivity contribution is -0.224. The van der Waals surface area contributed by atoms with E-state index in [1.807, 2.05) is 6.92 Å². The minimum Gasteiger partial charge on any atom is -0.394 e. The highest BCUT2D eigenvalue weighted by Crippen LogP contribution is 2.68. The molecule has 5 nitrogen and oxygen atoms in total. The van der Waals surface area contributed by atoms with Gasteiger partial charge in [0.2, 0.25) is 0 Å². The molecule has 0 amide bonds. The van der Waals surface area contributed by atoms with Crippen molar-refractivity contribution >= 4 is 0 Å². The van der Waals surface area contributed by atoms with Gasteiger partial charge in [-0.05, 0) is 80.5 Å². The molecule has 5 heteroatoms. The van der Waals surface area contributed by atoms with Crippen molar-refractivity contribution in [2.45, 2.75) is 89.1 Å². The molecule has 10 atom stereocenters. The van der Waals surface area contributed by atoms with Crippen molar-refractivity contribution in [1.82, 2.24) is 0 Å². The quantitative estimate of drug-likeness (QED) is 0.508. The Balaban J connectivity index is 1.68. The summed E-state index contributed by atoms with van der Waals surface area (Å²) in [5, 5.41) is 52.5. The first-order valence-corrected chi connectivity index (χ1v) is 10.5. The maximum absolute atomic E-state index is 11.3. The van der Waals surface area contributed by atoms with E-state index >= 15 is 0 Å². The van der Waals surface area contributed by atoms with Gasteiger partial charge in [-0.3, -0.25) is 0 Å². The van der Waals surface area contributed by atoms with Crippen LogP contribution in [-0.4, -0.2) is 56.1 Å². The summed E-state index contributed by atoms with van der Waals surface area (Å²) < 4.78 is 0. The normalized spacial score (nSPS) is 57.8. The van der Waals surface area contributed by atoms with Crippen LogP contribution in [-0.2, 0) is 0 Å². The summed E-state index contributed by atoms with van der Waals surface area (Å²) >= 11 is 0. The van der Waals surface area contributed by atoms with Gasteiger partial charge in [-0.25, -0.2) is 0 Å². The summed E-state index contributed by atoms with van der Waals surface area (Å²) in [7, 11) is 0. The molecule has 0 radical (unpaired) electrons. The predicted octanol–water partition coefficient (Wildman–Crippen LogP) is 1.45. The van der Waals surface area contributed by atoms with Gasteiger partial charge >= 0.3 is 0 Å². The van der Waals surface area contributed by atoms with E-state index in [1.165, 1.54) is 0 Å². The number of aliphatic hydroxyl groups excluding tert-OH is 4. The van der Waals surface area contributed by atoms with Crippen molar-refractivity contribution in [3.63, 3.8) is 0 Å². The van der Waals surface area contributed by atoms with Gasteiger partial charge in [0.1, 0.15) is 6.10 Å². The molecule has 4 aliphatic rings. The molecule has 0 aromatic carbocycles. The summed E-state index contributed by atoms with van der Waals surface area (Å²) in [4.78, 5) is 0. The van der Waals surface area contributed by atoms with Crippen molar-refractivity contribution in [3.8, 4) is 0 Å². The zero-order chi connectivity index (χ0) is 18.9. The summed E-state index contributed by atoms with van der Waals surface area (Å²) in [6.07, 6.45) is 4.70. The molecule has 0 aliphatic heterocycles. The third-order valence-electron chi connectivity index (χ3n) is 9.51. The van der Waals surface area contributed by atoms with Gasteiger partial charge in [0.25, 0.3) is 0 Å². The van der Waals surface area contributed by atoms with Crippen LogP contribution in [0.5, 0.6) is 0 Å². The lowest BCUT2D eigenvalue weighted by Crippen LogP contribution is -2.64. The Morgan fingerprint density at radius 3 is 2.46 bits per heavy atom. The second kappa shape index (κ2) is 6.15. The fraction of sp³-hybridized carbons (Fsp3) is 1.00. The number of hydrogen-bond donors (Lipinski definition) is 5. The van der Waals surface area contributed by atoms with Crippen LogP contribution in [0.25, 0.3) is 0 Å². The molecular formula is C21H36O5. The molecule has 4 rings (SSSR count). The van der Waals surface area contributed by atoms with Crippen LogP contribution < -0.4 is 0 Å². The summed E-state index contributed by atoms with van der Waals surface area (Å²) in [5.74, 6) is 1.29. The van der Waals surface area contributed by atoms with Gasteiger partial charge in [-0.15, -0.1) is 0 Å². The molecule has 0 aromatic heterocycles. The average molecular weight is 369 g/mol. The minimum atomic E-state index is -1.32. The molecule has 4 aliphatic carbocycles. The Bertz CT molecular complexity index is 555. The molecule has 0 spiro atoms. The average Bonchev–Trinajstić information content (AvgIpc) is 2.86. The third-order valence-corrected chi connectivity index (χ3v) is 9.51. The topological polar surface area (TPSA) is 101 Å². The van der Waals surface area contributed by atoms with Gasteiger partial charge < -0.3 is 25.5 Å². The van der Waals surface area contributed by atoms with Crippen LogP contribution in [0.15, 0.2) is 0 Å². The van der Waals surface area contributed by atoms with Crippen LogP contribution in [0.3, 0.4) is 0 Å². The van der Waals surface area contributed by atoms with Gasteiger partial charge in [-0.2, -0.15) is 0 Å². The molecule has 0 saturated heterocycles. The monoisotopic (exact) mass is 368 g/mol. The zero-order valence-corrected chi connectivity index (χ0v) is 16.1.